The standard InChI is InChI=1S/C17H15ClN6O2/c1-23(10-12-5-3-2-4-6-12)17-15(24(25)26)16(20-11-21-17)22-14-8-7-13(18)9-19-14/h2-9,11H,10H2,1H3,(H,19,20,21,22). The Hall–Kier alpha value is -3.26. The number of anilines is 3. The fraction of sp³-hybridized carbons (Fsp3) is 0.118. The Bertz CT molecular complexity index is 905. The van der Waals surface area contributed by atoms with Crippen LogP contribution in [0.5, 0.6) is 0 Å². The third-order valence-corrected chi connectivity index (χ3v) is 3.81. The summed E-state index contributed by atoms with van der Waals surface area (Å²) in [4.78, 5) is 25.0. The summed E-state index contributed by atoms with van der Waals surface area (Å²) in [6, 6.07) is 12.9. The Morgan fingerprint density at radius 3 is 2.58 bits per heavy atom. The number of halogens is 1. The molecule has 0 atom stereocenters. The Kier molecular flexibility index (Phi) is 5.23. The monoisotopic (exact) mass is 370 g/mol. The number of pyridine rings is 1. The third-order valence-electron chi connectivity index (χ3n) is 3.58. The first-order valence-corrected chi connectivity index (χ1v) is 8.05. The summed E-state index contributed by atoms with van der Waals surface area (Å²) in [5.74, 6) is 0.674. The van der Waals surface area contributed by atoms with Gasteiger partial charge in [0.15, 0.2) is 0 Å². The number of benzene rings is 1. The summed E-state index contributed by atoms with van der Waals surface area (Å²) >= 11 is 5.81. The van der Waals surface area contributed by atoms with Crippen LogP contribution in [-0.4, -0.2) is 26.9 Å². The van der Waals surface area contributed by atoms with Gasteiger partial charge in [0.25, 0.3) is 0 Å². The molecule has 8 nitrogen and oxygen atoms in total. The smallest absolute Gasteiger partial charge is 0.349 e. The number of nitrogens with one attached hydrogen (secondary N) is 1. The molecule has 0 saturated heterocycles. The van der Waals surface area contributed by atoms with E-state index in [-0.39, 0.29) is 17.3 Å². The highest BCUT2D eigenvalue weighted by Gasteiger charge is 2.26. The van der Waals surface area contributed by atoms with Crippen LogP contribution in [0.1, 0.15) is 5.56 Å². The predicted molar refractivity (Wildman–Crippen MR) is 99.8 cm³/mol. The molecule has 0 amide bonds. The first-order valence-electron chi connectivity index (χ1n) is 7.67. The lowest BCUT2D eigenvalue weighted by atomic mass is 10.2. The molecule has 0 spiro atoms. The molecule has 9 heteroatoms. The number of hydrogen-bond acceptors (Lipinski definition) is 7. The van der Waals surface area contributed by atoms with Crippen molar-refractivity contribution in [1.82, 2.24) is 15.0 Å². The van der Waals surface area contributed by atoms with Gasteiger partial charge in [0.2, 0.25) is 11.6 Å². The molecule has 3 rings (SSSR count). The van der Waals surface area contributed by atoms with E-state index in [2.05, 4.69) is 20.3 Å². The van der Waals surface area contributed by atoms with E-state index in [4.69, 9.17) is 11.6 Å². The Balaban J connectivity index is 1.93. The number of aromatic nitrogens is 3. The van der Waals surface area contributed by atoms with Gasteiger partial charge >= 0.3 is 5.69 Å². The number of hydrogen-bond donors (Lipinski definition) is 1. The zero-order valence-electron chi connectivity index (χ0n) is 13.8. The van der Waals surface area contributed by atoms with Crippen molar-refractivity contribution in [2.45, 2.75) is 6.54 Å². The molecule has 0 saturated carbocycles. The first-order chi connectivity index (χ1) is 12.5. The molecule has 2 aromatic heterocycles. The summed E-state index contributed by atoms with van der Waals surface area (Å²) in [5, 5.41) is 15.0. The van der Waals surface area contributed by atoms with Crippen molar-refractivity contribution in [2.75, 3.05) is 17.3 Å². The van der Waals surface area contributed by atoms with Crippen molar-refractivity contribution in [3.05, 3.63) is 75.7 Å². The molecular formula is C17H15ClN6O2. The van der Waals surface area contributed by atoms with E-state index in [1.165, 1.54) is 12.5 Å². The van der Waals surface area contributed by atoms with E-state index in [0.29, 0.717) is 17.4 Å². The largest absolute Gasteiger partial charge is 0.353 e. The van der Waals surface area contributed by atoms with Gasteiger partial charge in [-0.2, -0.15) is 0 Å². The molecule has 0 aliphatic heterocycles. The van der Waals surface area contributed by atoms with E-state index in [9.17, 15) is 10.1 Å². The van der Waals surface area contributed by atoms with Crippen LogP contribution in [0.2, 0.25) is 5.02 Å². The molecule has 0 aliphatic rings. The molecule has 2 heterocycles. The van der Waals surface area contributed by atoms with Crippen LogP contribution in [0.4, 0.5) is 23.1 Å². The van der Waals surface area contributed by atoms with Crippen molar-refractivity contribution in [2.24, 2.45) is 0 Å². The third kappa shape index (κ3) is 4.04. The van der Waals surface area contributed by atoms with Crippen LogP contribution in [0.15, 0.2) is 55.0 Å². The van der Waals surface area contributed by atoms with E-state index in [1.54, 1.807) is 24.1 Å². The normalized spacial score (nSPS) is 10.4. The number of nitro groups is 1. The van der Waals surface area contributed by atoms with Gasteiger partial charge in [0, 0.05) is 19.8 Å². The molecule has 26 heavy (non-hydrogen) atoms. The Labute approximate surface area is 154 Å². The van der Waals surface area contributed by atoms with Crippen molar-refractivity contribution in [1.29, 1.82) is 0 Å². The predicted octanol–water partition coefficient (Wildman–Crippen LogP) is 3.81. The SMILES string of the molecule is CN(Cc1ccccc1)c1ncnc(Nc2ccc(Cl)cn2)c1[N+](=O)[O-]. The number of nitrogens with zero attached hydrogens (tertiary/aromatic N) is 5. The summed E-state index contributed by atoms with van der Waals surface area (Å²) in [5.41, 5.74) is 0.791. The van der Waals surface area contributed by atoms with E-state index in [0.717, 1.165) is 5.56 Å². The Morgan fingerprint density at radius 1 is 1.15 bits per heavy atom. The van der Waals surface area contributed by atoms with Crippen LogP contribution in [0, 0.1) is 10.1 Å². The Morgan fingerprint density at radius 2 is 1.92 bits per heavy atom. The van der Waals surface area contributed by atoms with Crippen molar-refractivity contribution >= 4 is 34.7 Å². The average molecular weight is 371 g/mol. The fourth-order valence-corrected chi connectivity index (χ4v) is 2.52. The van der Waals surface area contributed by atoms with Crippen LogP contribution >= 0.6 is 11.6 Å². The first kappa shape index (κ1) is 17.6. The lowest BCUT2D eigenvalue weighted by molar-refractivity contribution is -0.383. The summed E-state index contributed by atoms with van der Waals surface area (Å²) in [6.07, 6.45) is 2.72. The minimum absolute atomic E-state index is 0.0646. The maximum atomic E-state index is 11.7. The summed E-state index contributed by atoms with van der Waals surface area (Å²) in [7, 11) is 1.74. The van der Waals surface area contributed by atoms with Crippen LogP contribution in [0.25, 0.3) is 0 Å². The molecule has 0 unspecified atom stereocenters. The number of rotatable bonds is 6. The van der Waals surface area contributed by atoms with Gasteiger partial charge in [-0.15, -0.1) is 0 Å². The second-order valence-corrected chi connectivity index (χ2v) is 5.92. The zero-order valence-corrected chi connectivity index (χ0v) is 14.6. The quantitative estimate of drug-likeness (QED) is 0.520. The topological polar surface area (TPSA) is 97.1 Å². The van der Waals surface area contributed by atoms with Crippen molar-refractivity contribution < 1.29 is 4.92 Å². The van der Waals surface area contributed by atoms with Gasteiger partial charge in [-0.3, -0.25) is 10.1 Å². The van der Waals surface area contributed by atoms with Gasteiger partial charge in [0.05, 0.1) is 9.95 Å². The lowest BCUT2D eigenvalue weighted by Gasteiger charge is -2.18. The lowest BCUT2D eigenvalue weighted by Crippen LogP contribution is -2.20. The van der Waals surface area contributed by atoms with Gasteiger partial charge in [-0.1, -0.05) is 41.9 Å². The van der Waals surface area contributed by atoms with Gasteiger partial charge < -0.3 is 10.2 Å². The van der Waals surface area contributed by atoms with Crippen LogP contribution < -0.4 is 10.2 Å². The van der Waals surface area contributed by atoms with Gasteiger partial charge in [0.1, 0.15) is 12.1 Å². The van der Waals surface area contributed by atoms with Gasteiger partial charge in [-0.25, -0.2) is 15.0 Å². The molecular weight excluding hydrogens is 356 g/mol. The van der Waals surface area contributed by atoms with Crippen LogP contribution in [0.3, 0.4) is 0 Å². The van der Waals surface area contributed by atoms with Crippen molar-refractivity contribution in [3.63, 3.8) is 0 Å². The maximum absolute atomic E-state index is 11.7. The van der Waals surface area contributed by atoms with E-state index < -0.39 is 4.92 Å². The minimum Gasteiger partial charge on any atom is -0.349 e. The highest BCUT2D eigenvalue weighted by molar-refractivity contribution is 6.30. The molecule has 0 radical (unpaired) electrons. The second-order valence-electron chi connectivity index (χ2n) is 5.48. The molecule has 1 N–H and O–H groups in total. The summed E-state index contributed by atoms with van der Waals surface area (Å²) in [6.45, 7) is 0.470. The molecule has 3 aromatic rings. The molecule has 132 valence electrons. The maximum Gasteiger partial charge on any atom is 0.353 e. The van der Waals surface area contributed by atoms with Crippen LogP contribution in [-0.2, 0) is 6.54 Å². The molecule has 0 fully saturated rings. The van der Waals surface area contributed by atoms with Crippen molar-refractivity contribution in [3.8, 4) is 0 Å². The second kappa shape index (κ2) is 7.75. The molecule has 1 aromatic carbocycles. The minimum atomic E-state index is -0.505. The van der Waals surface area contributed by atoms with E-state index >= 15 is 0 Å². The summed E-state index contributed by atoms with van der Waals surface area (Å²) < 4.78 is 0. The fourth-order valence-electron chi connectivity index (χ4n) is 2.41. The highest BCUT2D eigenvalue weighted by atomic mass is 35.5. The average Bonchev–Trinajstić information content (AvgIpc) is 2.64. The molecule has 0 bridgehead atoms. The van der Waals surface area contributed by atoms with E-state index in [1.807, 2.05) is 30.3 Å². The highest BCUT2D eigenvalue weighted by Crippen LogP contribution is 2.33. The van der Waals surface area contributed by atoms with Gasteiger partial charge in [-0.05, 0) is 17.7 Å². The zero-order chi connectivity index (χ0) is 18.5. The molecule has 0 aliphatic carbocycles.